The van der Waals surface area contributed by atoms with Gasteiger partial charge in [-0.05, 0) is 52.6 Å². The van der Waals surface area contributed by atoms with E-state index in [-0.39, 0.29) is 6.04 Å². The number of nitrogens with zero attached hydrogens (tertiary/aromatic N) is 2. The molecule has 18 heavy (non-hydrogen) atoms. The fourth-order valence-electron chi connectivity index (χ4n) is 1.89. The molecule has 0 aromatic heterocycles. The van der Waals surface area contributed by atoms with Crippen molar-refractivity contribution in [2.24, 2.45) is 5.73 Å². The highest BCUT2D eigenvalue weighted by molar-refractivity contribution is 5.91. The van der Waals surface area contributed by atoms with Gasteiger partial charge >= 0.3 is 6.03 Å². The van der Waals surface area contributed by atoms with E-state index in [1.54, 1.807) is 4.90 Å². The third kappa shape index (κ3) is 3.23. The molecule has 4 heteroatoms. The van der Waals surface area contributed by atoms with E-state index >= 15 is 0 Å². The minimum atomic E-state index is -0.418. The second-order valence-corrected chi connectivity index (χ2v) is 5.03. The summed E-state index contributed by atoms with van der Waals surface area (Å²) in [7, 11) is 4.09. The highest BCUT2D eigenvalue weighted by atomic mass is 16.2. The van der Waals surface area contributed by atoms with Gasteiger partial charge in [-0.25, -0.2) is 4.79 Å². The lowest BCUT2D eigenvalue weighted by molar-refractivity contribution is 0.252. The van der Waals surface area contributed by atoms with Gasteiger partial charge in [-0.1, -0.05) is 12.1 Å². The molecule has 4 nitrogen and oxygen atoms in total. The molecular formula is C14H23N3O. The van der Waals surface area contributed by atoms with Crippen molar-refractivity contribution in [2.75, 3.05) is 19.0 Å². The SMILES string of the molecule is CC(c1ccc(N(C(N)=O)C(C)C)cc1)N(C)C. The first-order valence-electron chi connectivity index (χ1n) is 6.19. The van der Waals surface area contributed by atoms with E-state index in [4.69, 9.17) is 5.73 Å². The van der Waals surface area contributed by atoms with Crippen molar-refractivity contribution in [3.05, 3.63) is 29.8 Å². The number of rotatable bonds is 4. The number of amides is 2. The Bertz CT molecular complexity index is 398. The van der Waals surface area contributed by atoms with Gasteiger partial charge in [-0.2, -0.15) is 0 Å². The predicted octanol–water partition coefficient (Wildman–Crippen LogP) is 2.60. The summed E-state index contributed by atoms with van der Waals surface area (Å²) in [6.07, 6.45) is 0. The van der Waals surface area contributed by atoms with E-state index in [9.17, 15) is 4.79 Å². The Morgan fingerprint density at radius 1 is 1.11 bits per heavy atom. The lowest BCUT2D eigenvalue weighted by atomic mass is 10.1. The van der Waals surface area contributed by atoms with Gasteiger partial charge in [0.1, 0.15) is 0 Å². The van der Waals surface area contributed by atoms with Gasteiger partial charge < -0.3 is 10.6 Å². The van der Waals surface area contributed by atoms with E-state index in [1.807, 2.05) is 52.2 Å². The third-order valence-corrected chi connectivity index (χ3v) is 3.18. The molecule has 100 valence electrons. The molecule has 1 unspecified atom stereocenters. The van der Waals surface area contributed by atoms with E-state index < -0.39 is 6.03 Å². The average Bonchev–Trinajstić information content (AvgIpc) is 2.28. The quantitative estimate of drug-likeness (QED) is 0.891. The number of anilines is 1. The smallest absolute Gasteiger partial charge is 0.319 e. The standard InChI is InChI=1S/C14H23N3O/c1-10(2)17(14(15)18)13-8-6-12(7-9-13)11(3)16(4)5/h6-11H,1-5H3,(H2,15,18). The Hall–Kier alpha value is -1.55. The van der Waals surface area contributed by atoms with Gasteiger partial charge in [-0.3, -0.25) is 4.90 Å². The van der Waals surface area contributed by atoms with Gasteiger partial charge in [0.05, 0.1) is 0 Å². The van der Waals surface area contributed by atoms with E-state index in [2.05, 4.69) is 11.8 Å². The number of hydrogen-bond acceptors (Lipinski definition) is 2. The average molecular weight is 249 g/mol. The molecule has 0 spiro atoms. The van der Waals surface area contributed by atoms with Gasteiger partial charge in [0.25, 0.3) is 0 Å². The normalized spacial score (nSPS) is 12.8. The second-order valence-electron chi connectivity index (χ2n) is 5.03. The first kappa shape index (κ1) is 14.5. The van der Waals surface area contributed by atoms with Crippen LogP contribution in [0.15, 0.2) is 24.3 Å². The first-order chi connectivity index (χ1) is 8.34. The number of urea groups is 1. The van der Waals surface area contributed by atoms with Crippen molar-refractivity contribution in [1.29, 1.82) is 0 Å². The fourth-order valence-corrected chi connectivity index (χ4v) is 1.89. The molecule has 1 atom stereocenters. The highest BCUT2D eigenvalue weighted by Gasteiger charge is 2.16. The Labute approximate surface area is 109 Å². The zero-order chi connectivity index (χ0) is 13.9. The predicted molar refractivity (Wildman–Crippen MR) is 75.7 cm³/mol. The molecular weight excluding hydrogens is 226 g/mol. The van der Waals surface area contributed by atoms with Crippen LogP contribution in [0.2, 0.25) is 0 Å². The number of hydrogen-bond donors (Lipinski definition) is 1. The maximum absolute atomic E-state index is 11.4. The summed E-state index contributed by atoms with van der Waals surface area (Å²) in [6.45, 7) is 6.03. The largest absolute Gasteiger partial charge is 0.351 e. The molecule has 1 rings (SSSR count). The maximum atomic E-state index is 11.4. The molecule has 0 aliphatic carbocycles. The van der Waals surface area contributed by atoms with Gasteiger partial charge in [-0.15, -0.1) is 0 Å². The van der Waals surface area contributed by atoms with Crippen LogP contribution in [0.25, 0.3) is 0 Å². The molecule has 0 radical (unpaired) electrons. The zero-order valence-electron chi connectivity index (χ0n) is 11.8. The molecule has 0 saturated heterocycles. The number of primary amides is 1. The molecule has 0 heterocycles. The van der Waals surface area contributed by atoms with Crippen LogP contribution in [-0.2, 0) is 0 Å². The summed E-state index contributed by atoms with van der Waals surface area (Å²) in [5.41, 5.74) is 7.45. The molecule has 0 aliphatic heterocycles. The summed E-state index contributed by atoms with van der Waals surface area (Å²) >= 11 is 0. The number of carbonyl (C=O) groups is 1. The lowest BCUT2D eigenvalue weighted by Crippen LogP contribution is -2.40. The van der Waals surface area contributed by atoms with Crippen LogP contribution in [0, 0.1) is 0 Å². The highest BCUT2D eigenvalue weighted by Crippen LogP contribution is 2.22. The van der Waals surface area contributed by atoms with Crippen molar-refractivity contribution in [3.8, 4) is 0 Å². The summed E-state index contributed by atoms with van der Waals surface area (Å²) in [6, 6.07) is 7.95. The van der Waals surface area contributed by atoms with Crippen molar-refractivity contribution in [2.45, 2.75) is 32.9 Å². The van der Waals surface area contributed by atoms with Gasteiger partial charge in [0.15, 0.2) is 0 Å². The summed E-state index contributed by atoms with van der Waals surface area (Å²) in [5, 5.41) is 0. The number of nitrogens with two attached hydrogens (primary N) is 1. The Kier molecular flexibility index (Phi) is 4.73. The van der Waals surface area contributed by atoms with Crippen LogP contribution in [0.4, 0.5) is 10.5 Å². The molecule has 0 saturated carbocycles. The van der Waals surface area contributed by atoms with E-state index in [1.165, 1.54) is 5.56 Å². The molecule has 0 bridgehead atoms. The molecule has 2 N–H and O–H groups in total. The summed E-state index contributed by atoms with van der Waals surface area (Å²) in [4.78, 5) is 15.1. The van der Waals surface area contributed by atoms with Crippen LogP contribution in [-0.4, -0.2) is 31.1 Å². The molecule has 0 fully saturated rings. The maximum Gasteiger partial charge on any atom is 0.319 e. The minimum Gasteiger partial charge on any atom is -0.351 e. The minimum absolute atomic E-state index is 0.0552. The first-order valence-corrected chi connectivity index (χ1v) is 6.19. The lowest BCUT2D eigenvalue weighted by Gasteiger charge is -2.26. The number of carbonyl (C=O) groups excluding carboxylic acids is 1. The molecule has 2 amide bonds. The zero-order valence-corrected chi connectivity index (χ0v) is 11.8. The van der Waals surface area contributed by atoms with Crippen LogP contribution < -0.4 is 10.6 Å². The van der Waals surface area contributed by atoms with Crippen LogP contribution in [0.5, 0.6) is 0 Å². The van der Waals surface area contributed by atoms with Crippen molar-refractivity contribution in [3.63, 3.8) is 0 Å². The van der Waals surface area contributed by atoms with Crippen molar-refractivity contribution < 1.29 is 4.79 Å². The Morgan fingerprint density at radius 3 is 1.94 bits per heavy atom. The van der Waals surface area contributed by atoms with Crippen LogP contribution in [0.1, 0.15) is 32.4 Å². The third-order valence-electron chi connectivity index (χ3n) is 3.18. The molecule has 0 aliphatic rings. The topological polar surface area (TPSA) is 49.6 Å². The number of benzene rings is 1. The van der Waals surface area contributed by atoms with Crippen molar-refractivity contribution in [1.82, 2.24) is 4.90 Å². The molecule has 1 aromatic carbocycles. The van der Waals surface area contributed by atoms with Crippen LogP contribution >= 0.6 is 0 Å². The van der Waals surface area contributed by atoms with Crippen LogP contribution in [0.3, 0.4) is 0 Å². The van der Waals surface area contributed by atoms with Gasteiger partial charge in [0.2, 0.25) is 0 Å². The van der Waals surface area contributed by atoms with Gasteiger partial charge in [0, 0.05) is 17.8 Å². The summed E-state index contributed by atoms with van der Waals surface area (Å²) < 4.78 is 0. The van der Waals surface area contributed by atoms with E-state index in [0.717, 1.165) is 5.69 Å². The van der Waals surface area contributed by atoms with Crippen molar-refractivity contribution >= 4 is 11.7 Å². The Morgan fingerprint density at radius 2 is 1.61 bits per heavy atom. The monoisotopic (exact) mass is 249 g/mol. The Balaban J connectivity index is 2.97. The fraction of sp³-hybridized carbons (Fsp3) is 0.500. The second kappa shape index (κ2) is 5.87. The van der Waals surface area contributed by atoms with E-state index in [0.29, 0.717) is 6.04 Å². The molecule has 1 aromatic rings. The summed E-state index contributed by atoms with van der Waals surface area (Å²) in [5.74, 6) is 0.